The lowest BCUT2D eigenvalue weighted by atomic mass is 10.2. The van der Waals surface area contributed by atoms with Gasteiger partial charge in [-0.15, -0.1) is 0 Å². The molecule has 0 unspecified atom stereocenters. The van der Waals surface area contributed by atoms with Crippen LogP contribution in [-0.4, -0.2) is 16.5 Å². The summed E-state index contributed by atoms with van der Waals surface area (Å²) < 4.78 is 1.95. The first-order valence-electron chi connectivity index (χ1n) is 5.07. The zero-order valence-corrected chi connectivity index (χ0v) is 8.32. The van der Waals surface area contributed by atoms with Gasteiger partial charge in [-0.05, 0) is 19.6 Å². The standard InChI is InChI=1S/C10H16N4/c1-12-6-8-7-13-14(10(8)11)9-4-2-3-5-9/h7,9H,1-6,11H2. The molecule has 1 aliphatic rings. The molecule has 14 heavy (non-hydrogen) atoms. The summed E-state index contributed by atoms with van der Waals surface area (Å²) in [7, 11) is 0. The third-order valence-corrected chi connectivity index (χ3v) is 2.87. The Hall–Kier alpha value is -1.32. The zero-order valence-electron chi connectivity index (χ0n) is 8.32. The Labute approximate surface area is 83.8 Å². The smallest absolute Gasteiger partial charge is 0.127 e. The number of aromatic nitrogens is 2. The van der Waals surface area contributed by atoms with Gasteiger partial charge in [-0.25, -0.2) is 4.68 Å². The van der Waals surface area contributed by atoms with E-state index in [1.807, 2.05) is 10.9 Å². The predicted octanol–water partition coefficient (Wildman–Crippen LogP) is 1.78. The molecule has 1 aromatic rings. The van der Waals surface area contributed by atoms with Crippen molar-refractivity contribution in [2.75, 3.05) is 5.73 Å². The van der Waals surface area contributed by atoms with Gasteiger partial charge in [-0.3, -0.25) is 4.99 Å². The molecule has 4 heteroatoms. The van der Waals surface area contributed by atoms with E-state index in [0.29, 0.717) is 12.6 Å². The average molecular weight is 192 g/mol. The topological polar surface area (TPSA) is 56.2 Å². The number of nitrogen functional groups attached to an aromatic ring is 1. The molecule has 1 aliphatic carbocycles. The first-order valence-corrected chi connectivity index (χ1v) is 5.07. The van der Waals surface area contributed by atoms with Crippen molar-refractivity contribution in [3.8, 4) is 0 Å². The molecular formula is C10H16N4. The van der Waals surface area contributed by atoms with Crippen molar-refractivity contribution >= 4 is 12.5 Å². The summed E-state index contributed by atoms with van der Waals surface area (Å²) in [5.41, 5.74) is 6.97. The van der Waals surface area contributed by atoms with Crippen LogP contribution >= 0.6 is 0 Å². The van der Waals surface area contributed by atoms with E-state index in [0.717, 1.165) is 11.4 Å². The summed E-state index contributed by atoms with van der Waals surface area (Å²) in [6.45, 7) is 4.03. The van der Waals surface area contributed by atoms with E-state index in [1.54, 1.807) is 0 Å². The lowest BCUT2D eigenvalue weighted by Gasteiger charge is -2.11. The van der Waals surface area contributed by atoms with Crippen molar-refractivity contribution in [2.24, 2.45) is 4.99 Å². The van der Waals surface area contributed by atoms with Crippen molar-refractivity contribution in [1.82, 2.24) is 9.78 Å². The fraction of sp³-hybridized carbons (Fsp3) is 0.600. The summed E-state index contributed by atoms with van der Waals surface area (Å²) in [4.78, 5) is 3.82. The van der Waals surface area contributed by atoms with E-state index in [1.165, 1.54) is 25.7 Å². The van der Waals surface area contributed by atoms with Crippen LogP contribution in [0, 0.1) is 0 Å². The summed E-state index contributed by atoms with van der Waals surface area (Å²) in [5, 5.41) is 4.32. The Morgan fingerprint density at radius 3 is 2.93 bits per heavy atom. The van der Waals surface area contributed by atoms with Crippen molar-refractivity contribution in [3.05, 3.63) is 11.8 Å². The molecular weight excluding hydrogens is 176 g/mol. The molecule has 0 amide bonds. The van der Waals surface area contributed by atoms with Gasteiger partial charge in [0.15, 0.2) is 0 Å². The van der Waals surface area contributed by atoms with E-state index in [4.69, 9.17) is 5.73 Å². The SMILES string of the molecule is C=NCc1cnn(C2CCCC2)c1N. The van der Waals surface area contributed by atoms with Crippen molar-refractivity contribution in [2.45, 2.75) is 38.3 Å². The Balaban J connectivity index is 2.21. The second-order valence-corrected chi connectivity index (χ2v) is 3.82. The quantitative estimate of drug-likeness (QED) is 0.742. The highest BCUT2D eigenvalue weighted by atomic mass is 15.3. The number of anilines is 1. The molecule has 1 aromatic heterocycles. The summed E-state index contributed by atoms with van der Waals surface area (Å²) in [6, 6.07) is 0.508. The van der Waals surface area contributed by atoms with E-state index in [9.17, 15) is 0 Å². The monoisotopic (exact) mass is 192 g/mol. The molecule has 4 nitrogen and oxygen atoms in total. The highest BCUT2D eigenvalue weighted by Gasteiger charge is 2.20. The maximum absolute atomic E-state index is 5.98. The number of rotatable bonds is 3. The minimum Gasteiger partial charge on any atom is -0.384 e. The van der Waals surface area contributed by atoms with Gasteiger partial charge in [0.25, 0.3) is 0 Å². The molecule has 1 fully saturated rings. The number of hydrogen-bond acceptors (Lipinski definition) is 3. The fourth-order valence-corrected chi connectivity index (χ4v) is 2.09. The predicted molar refractivity (Wildman–Crippen MR) is 57.4 cm³/mol. The van der Waals surface area contributed by atoms with Crippen LogP contribution in [0.3, 0.4) is 0 Å². The van der Waals surface area contributed by atoms with Gasteiger partial charge in [0, 0.05) is 5.56 Å². The minimum atomic E-state index is 0.508. The Bertz CT molecular complexity index is 323. The van der Waals surface area contributed by atoms with Crippen LogP contribution in [-0.2, 0) is 6.54 Å². The number of aliphatic imine (C=N–C) groups is 1. The van der Waals surface area contributed by atoms with Crippen LogP contribution in [0.25, 0.3) is 0 Å². The van der Waals surface area contributed by atoms with E-state index >= 15 is 0 Å². The molecule has 2 rings (SSSR count). The molecule has 0 bridgehead atoms. The van der Waals surface area contributed by atoms with Gasteiger partial charge in [0.1, 0.15) is 5.82 Å². The number of nitrogens with two attached hydrogens (primary N) is 1. The van der Waals surface area contributed by atoms with E-state index in [2.05, 4.69) is 16.8 Å². The third kappa shape index (κ3) is 1.52. The van der Waals surface area contributed by atoms with E-state index < -0.39 is 0 Å². The summed E-state index contributed by atoms with van der Waals surface area (Å²) in [6.07, 6.45) is 6.79. The second-order valence-electron chi connectivity index (χ2n) is 3.82. The van der Waals surface area contributed by atoms with Gasteiger partial charge >= 0.3 is 0 Å². The van der Waals surface area contributed by atoms with Gasteiger partial charge in [0.2, 0.25) is 0 Å². The molecule has 0 aliphatic heterocycles. The molecule has 0 aromatic carbocycles. The van der Waals surface area contributed by atoms with Crippen molar-refractivity contribution in [3.63, 3.8) is 0 Å². The fourth-order valence-electron chi connectivity index (χ4n) is 2.09. The second kappa shape index (κ2) is 3.82. The van der Waals surface area contributed by atoms with Crippen LogP contribution in [0.2, 0.25) is 0 Å². The zero-order chi connectivity index (χ0) is 9.97. The van der Waals surface area contributed by atoms with Crippen LogP contribution in [0.4, 0.5) is 5.82 Å². The van der Waals surface area contributed by atoms with Crippen LogP contribution in [0.15, 0.2) is 11.2 Å². The van der Waals surface area contributed by atoms with Crippen LogP contribution < -0.4 is 5.73 Å². The molecule has 0 radical (unpaired) electrons. The lowest BCUT2D eigenvalue weighted by molar-refractivity contribution is 0.473. The highest BCUT2D eigenvalue weighted by molar-refractivity contribution is 5.40. The minimum absolute atomic E-state index is 0.508. The largest absolute Gasteiger partial charge is 0.384 e. The Morgan fingerprint density at radius 2 is 2.29 bits per heavy atom. The number of hydrogen-bond donors (Lipinski definition) is 1. The molecule has 0 atom stereocenters. The van der Waals surface area contributed by atoms with Crippen LogP contribution in [0.5, 0.6) is 0 Å². The van der Waals surface area contributed by atoms with E-state index in [-0.39, 0.29) is 0 Å². The van der Waals surface area contributed by atoms with Crippen LogP contribution in [0.1, 0.15) is 37.3 Å². The molecule has 1 saturated carbocycles. The summed E-state index contributed by atoms with van der Waals surface area (Å²) >= 11 is 0. The normalized spacial score (nSPS) is 17.4. The molecule has 2 N–H and O–H groups in total. The lowest BCUT2D eigenvalue weighted by Crippen LogP contribution is -2.10. The average Bonchev–Trinajstić information content (AvgIpc) is 2.77. The van der Waals surface area contributed by atoms with Gasteiger partial charge in [-0.2, -0.15) is 5.10 Å². The Morgan fingerprint density at radius 1 is 1.57 bits per heavy atom. The Kier molecular flexibility index (Phi) is 2.52. The maximum Gasteiger partial charge on any atom is 0.127 e. The molecule has 0 spiro atoms. The molecule has 0 saturated heterocycles. The van der Waals surface area contributed by atoms with Crippen molar-refractivity contribution < 1.29 is 0 Å². The number of nitrogens with zero attached hydrogens (tertiary/aromatic N) is 3. The first-order chi connectivity index (χ1) is 6.83. The van der Waals surface area contributed by atoms with Crippen molar-refractivity contribution in [1.29, 1.82) is 0 Å². The molecule has 76 valence electrons. The third-order valence-electron chi connectivity index (χ3n) is 2.87. The van der Waals surface area contributed by atoms with Gasteiger partial charge in [-0.1, -0.05) is 12.8 Å². The summed E-state index contributed by atoms with van der Waals surface area (Å²) in [5.74, 6) is 0.768. The molecule has 1 heterocycles. The first kappa shape index (κ1) is 9.24. The highest BCUT2D eigenvalue weighted by Crippen LogP contribution is 2.31. The maximum atomic E-state index is 5.98. The van der Waals surface area contributed by atoms with Gasteiger partial charge < -0.3 is 5.73 Å². The van der Waals surface area contributed by atoms with Gasteiger partial charge in [0.05, 0.1) is 18.8 Å².